The molecule has 0 aliphatic rings. The van der Waals surface area contributed by atoms with Gasteiger partial charge in [-0.3, -0.25) is 4.98 Å². The number of nitrogens with zero attached hydrogens (tertiary/aromatic N) is 2. The Bertz CT molecular complexity index is 625. The summed E-state index contributed by atoms with van der Waals surface area (Å²) < 4.78 is 0. The fourth-order valence-electron chi connectivity index (χ4n) is 3.38. The lowest BCUT2D eigenvalue weighted by atomic mass is 10.1. The fourth-order valence-corrected chi connectivity index (χ4v) is 3.38. The van der Waals surface area contributed by atoms with Crippen molar-refractivity contribution in [3.05, 3.63) is 36.7 Å². The Morgan fingerprint density at radius 2 is 1.29 bits per heavy atom. The average Bonchev–Trinajstić information content (AvgIpc) is 2.72. The molecule has 1 heterocycles. The first-order valence-corrected chi connectivity index (χ1v) is 11.1. The molecule has 154 valence electrons. The largest absolute Gasteiger partial charge is 0.508 e. The maximum Gasteiger partial charge on any atom is 0.144 e. The highest BCUT2D eigenvalue weighted by molar-refractivity contribution is 5.59. The SMILES string of the molecule is CCCCCCCCCCCCCCNc1cnc(-c2ccc(O)cc2)cn1. The van der Waals surface area contributed by atoms with Crippen LogP contribution < -0.4 is 5.32 Å². The smallest absolute Gasteiger partial charge is 0.144 e. The third-order valence-corrected chi connectivity index (χ3v) is 5.15. The first-order chi connectivity index (χ1) is 13.8. The number of rotatable bonds is 15. The number of unbranched alkanes of at least 4 members (excludes halogenated alkanes) is 11. The van der Waals surface area contributed by atoms with E-state index in [1.807, 2.05) is 12.1 Å². The standard InChI is InChI=1S/C24H37N3O/c1-2-3-4-5-6-7-8-9-10-11-12-13-18-25-24-20-26-23(19-27-24)21-14-16-22(28)17-15-21/h14-17,19-20,28H,2-13,18H2,1H3,(H,25,27). The number of phenols is 1. The van der Waals surface area contributed by atoms with Crippen LogP contribution in [0.2, 0.25) is 0 Å². The van der Waals surface area contributed by atoms with Gasteiger partial charge in [0.15, 0.2) is 0 Å². The van der Waals surface area contributed by atoms with Crippen molar-refractivity contribution in [1.29, 1.82) is 0 Å². The molecule has 0 saturated carbocycles. The molecule has 4 nitrogen and oxygen atoms in total. The van der Waals surface area contributed by atoms with Crippen molar-refractivity contribution in [3.63, 3.8) is 0 Å². The minimum atomic E-state index is 0.261. The third-order valence-electron chi connectivity index (χ3n) is 5.15. The van der Waals surface area contributed by atoms with Crippen LogP contribution in [0.5, 0.6) is 5.75 Å². The monoisotopic (exact) mass is 383 g/mol. The van der Waals surface area contributed by atoms with Crippen LogP contribution in [-0.2, 0) is 0 Å². The van der Waals surface area contributed by atoms with Gasteiger partial charge in [0, 0.05) is 12.1 Å². The number of nitrogens with one attached hydrogen (secondary N) is 1. The summed E-state index contributed by atoms with van der Waals surface area (Å²) in [4.78, 5) is 8.89. The van der Waals surface area contributed by atoms with Crippen molar-refractivity contribution in [1.82, 2.24) is 9.97 Å². The number of aromatic hydroxyl groups is 1. The van der Waals surface area contributed by atoms with Gasteiger partial charge in [-0.05, 0) is 30.7 Å². The van der Waals surface area contributed by atoms with Crippen LogP contribution in [0.1, 0.15) is 84.0 Å². The second-order valence-corrected chi connectivity index (χ2v) is 7.65. The lowest BCUT2D eigenvalue weighted by Crippen LogP contribution is -2.03. The second kappa shape index (κ2) is 14.0. The van der Waals surface area contributed by atoms with Crippen LogP contribution in [0.25, 0.3) is 11.3 Å². The number of hydrogen-bond acceptors (Lipinski definition) is 4. The summed E-state index contributed by atoms with van der Waals surface area (Å²) in [6.07, 6.45) is 20.0. The van der Waals surface area contributed by atoms with E-state index in [0.29, 0.717) is 0 Å². The van der Waals surface area contributed by atoms with Gasteiger partial charge < -0.3 is 10.4 Å². The molecule has 0 aliphatic heterocycles. The van der Waals surface area contributed by atoms with Crippen LogP contribution >= 0.6 is 0 Å². The second-order valence-electron chi connectivity index (χ2n) is 7.65. The lowest BCUT2D eigenvalue weighted by molar-refractivity contribution is 0.475. The Morgan fingerprint density at radius 3 is 1.82 bits per heavy atom. The van der Waals surface area contributed by atoms with Crippen molar-refractivity contribution >= 4 is 5.82 Å². The molecule has 2 N–H and O–H groups in total. The highest BCUT2D eigenvalue weighted by atomic mass is 16.3. The van der Waals surface area contributed by atoms with Crippen LogP contribution in [0, 0.1) is 0 Å². The van der Waals surface area contributed by atoms with Crippen molar-refractivity contribution in [2.24, 2.45) is 0 Å². The molecule has 1 aromatic heterocycles. The molecule has 0 saturated heterocycles. The molecular formula is C24H37N3O. The quantitative estimate of drug-likeness (QED) is 0.326. The van der Waals surface area contributed by atoms with Gasteiger partial charge in [-0.1, -0.05) is 77.6 Å². The van der Waals surface area contributed by atoms with Gasteiger partial charge in [-0.25, -0.2) is 4.98 Å². The Hall–Kier alpha value is -2.10. The Balaban J connectivity index is 1.47. The number of hydrogen-bond donors (Lipinski definition) is 2. The van der Waals surface area contributed by atoms with Gasteiger partial charge in [-0.15, -0.1) is 0 Å². The van der Waals surface area contributed by atoms with Crippen LogP contribution in [0.15, 0.2) is 36.7 Å². The summed E-state index contributed by atoms with van der Waals surface area (Å²) in [5.41, 5.74) is 1.77. The van der Waals surface area contributed by atoms with Gasteiger partial charge in [-0.2, -0.15) is 0 Å². The molecule has 0 amide bonds. The molecule has 28 heavy (non-hydrogen) atoms. The first kappa shape index (κ1) is 22.2. The minimum absolute atomic E-state index is 0.261. The summed E-state index contributed by atoms with van der Waals surface area (Å²) in [5.74, 6) is 1.09. The topological polar surface area (TPSA) is 58.0 Å². The molecule has 0 unspecified atom stereocenters. The zero-order valence-electron chi connectivity index (χ0n) is 17.5. The Kier molecular flexibility index (Phi) is 11.1. The normalized spacial score (nSPS) is 10.9. The fraction of sp³-hybridized carbons (Fsp3) is 0.583. The maximum atomic E-state index is 9.35. The van der Waals surface area contributed by atoms with E-state index in [4.69, 9.17) is 0 Å². The Morgan fingerprint density at radius 1 is 0.714 bits per heavy atom. The summed E-state index contributed by atoms with van der Waals surface area (Å²) in [7, 11) is 0. The van der Waals surface area contributed by atoms with Crippen molar-refractivity contribution in [2.45, 2.75) is 84.0 Å². The van der Waals surface area contributed by atoms with Gasteiger partial charge in [0.2, 0.25) is 0 Å². The van der Waals surface area contributed by atoms with E-state index in [1.165, 1.54) is 77.0 Å². The summed E-state index contributed by atoms with van der Waals surface area (Å²) in [6, 6.07) is 7.02. The van der Waals surface area contributed by atoms with E-state index in [1.54, 1.807) is 24.5 Å². The van der Waals surface area contributed by atoms with Gasteiger partial charge in [0.25, 0.3) is 0 Å². The average molecular weight is 384 g/mol. The number of benzene rings is 1. The number of phenolic OH excluding ortho intramolecular Hbond substituents is 1. The predicted octanol–water partition coefficient (Wildman–Crippen LogP) is 6.96. The first-order valence-electron chi connectivity index (χ1n) is 11.1. The van der Waals surface area contributed by atoms with E-state index < -0.39 is 0 Å². The third kappa shape index (κ3) is 9.20. The molecule has 0 radical (unpaired) electrons. The minimum Gasteiger partial charge on any atom is -0.508 e. The van der Waals surface area contributed by atoms with E-state index in [2.05, 4.69) is 22.2 Å². The van der Waals surface area contributed by atoms with Crippen LogP contribution in [0.4, 0.5) is 5.82 Å². The van der Waals surface area contributed by atoms with Gasteiger partial charge in [0.1, 0.15) is 11.6 Å². The molecule has 4 heteroatoms. The van der Waals surface area contributed by atoms with Crippen molar-refractivity contribution in [3.8, 4) is 17.0 Å². The highest BCUT2D eigenvalue weighted by Crippen LogP contribution is 2.19. The Labute approximate surface area is 170 Å². The zero-order chi connectivity index (χ0) is 19.9. The highest BCUT2D eigenvalue weighted by Gasteiger charge is 2.01. The summed E-state index contributed by atoms with van der Waals surface area (Å²) in [6.45, 7) is 3.23. The molecule has 0 atom stereocenters. The molecule has 0 bridgehead atoms. The molecule has 0 fully saturated rings. The summed E-state index contributed by atoms with van der Waals surface area (Å²) in [5, 5.41) is 12.7. The van der Waals surface area contributed by atoms with Crippen LogP contribution in [-0.4, -0.2) is 21.6 Å². The van der Waals surface area contributed by atoms with Gasteiger partial charge in [0.05, 0.1) is 18.1 Å². The molecule has 0 spiro atoms. The van der Waals surface area contributed by atoms with E-state index in [9.17, 15) is 5.11 Å². The van der Waals surface area contributed by atoms with E-state index >= 15 is 0 Å². The molecule has 1 aromatic carbocycles. The van der Waals surface area contributed by atoms with Crippen molar-refractivity contribution in [2.75, 3.05) is 11.9 Å². The van der Waals surface area contributed by atoms with E-state index in [-0.39, 0.29) is 5.75 Å². The molecule has 2 rings (SSSR count). The lowest BCUT2D eigenvalue weighted by Gasteiger charge is -2.06. The number of anilines is 1. The molecule has 2 aromatic rings. The summed E-state index contributed by atoms with van der Waals surface area (Å²) >= 11 is 0. The maximum absolute atomic E-state index is 9.35. The zero-order valence-corrected chi connectivity index (χ0v) is 17.5. The van der Waals surface area contributed by atoms with Gasteiger partial charge >= 0.3 is 0 Å². The predicted molar refractivity (Wildman–Crippen MR) is 119 cm³/mol. The molecular weight excluding hydrogens is 346 g/mol. The van der Waals surface area contributed by atoms with E-state index in [0.717, 1.165) is 23.6 Å². The van der Waals surface area contributed by atoms with Crippen LogP contribution in [0.3, 0.4) is 0 Å². The van der Waals surface area contributed by atoms with Crippen molar-refractivity contribution < 1.29 is 5.11 Å². The number of aromatic nitrogens is 2. The molecule has 0 aliphatic carbocycles.